The Morgan fingerprint density at radius 2 is 2.00 bits per heavy atom. The van der Waals surface area contributed by atoms with Crippen LogP contribution in [0, 0.1) is 0 Å². The molecule has 0 aromatic heterocycles. The van der Waals surface area contributed by atoms with Gasteiger partial charge in [0.15, 0.2) is 0 Å². The summed E-state index contributed by atoms with van der Waals surface area (Å²) in [4.78, 5) is 0.275. The highest BCUT2D eigenvalue weighted by molar-refractivity contribution is 7.89. The van der Waals surface area contributed by atoms with Crippen molar-refractivity contribution in [3.05, 3.63) is 29.8 Å². The average Bonchev–Trinajstić information content (AvgIpc) is 3.08. The van der Waals surface area contributed by atoms with Crippen molar-refractivity contribution >= 4 is 20.0 Å². The van der Waals surface area contributed by atoms with E-state index in [1.807, 2.05) is 0 Å². The molecule has 1 aromatic rings. The van der Waals surface area contributed by atoms with Crippen molar-refractivity contribution < 1.29 is 21.6 Å². The zero-order chi connectivity index (χ0) is 17.6. The molecule has 0 radical (unpaired) electrons. The minimum atomic E-state index is -3.65. The van der Waals surface area contributed by atoms with Gasteiger partial charge in [-0.1, -0.05) is 18.2 Å². The summed E-state index contributed by atoms with van der Waals surface area (Å²) in [6, 6.07) is 6.88. The molecule has 24 heavy (non-hydrogen) atoms. The van der Waals surface area contributed by atoms with Crippen LogP contribution < -0.4 is 0 Å². The van der Waals surface area contributed by atoms with Gasteiger partial charge in [-0.15, -0.1) is 0 Å². The average molecular weight is 374 g/mol. The van der Waals surface area contributed by atoms with Gasteiger partial charge in [-0.05, 0) is 25.0 Å². The van der Waals surface area contributed by atoms with Crippen molar-refractivity contribution in [2.45, 2.75) is 23.8 Å². The number of sulfonamides is 2. The Bertz CT molecular complexity index is 837. The fourth-order valence-electron chi connectivity index (χ4n) is 3.67. The molecular weight excluding hydrogens is 352 g/mol. The Morgan fingerprint density at radius 1 is 1.29 bits per heavy atom. The number of benzene rings is 1. The summed E-state index contributed by atoms with van der Waals surface area (Å²) >= 11 is 0. The molecule has 134 valence electrons. The van der Waals surface area contributed by atoms with Crippen molar-refractivity contribution in [2.75, 3.05) is 39.1 Å². The van der Waals surface area contributed by atoms with Gasteiger partial charge in [0, 0.05) is 26.7 Å². The summed E-state index contributed by atoms with van der Waals surface area (Å²) in [5.74, 6) is 0.00947. The maximum Gasteiger partial charge on any atom is 0.244 e. The predicted molar refractivity (Wildman–Crippen MR) is 89.5 cm³/mol. The van der Waals surface area contributed by atoms with E-state index in [0.29, 0.717) is 18.5 Å². The number of hydrogen-bond acceptors (Lipinski definition) is 5. The molecule has 1 atom stereocenters. The Balaban J connectivity index is 2.10. The van der Waals surface area contributed by atoms with E-state index in [1.165, 1.54) is 15.7 Å². The van der Waals surface area contributed by atoms with Gasteiger partial charge in [0.2, 0.25) is 20.0 Å². The van der Waals surface area contributed by atoms with Crippen LogP contribution in [-0.2, 0) is 30.3 Å². The monoisotopic (exact) mass is 374 g/mol. The van der Waals surface area contributed by atoms with Gasteiger partial charge < -0.3 is 4.74 Å². The van der Waals surface area contributed by atoms with E-state index in [-0.39, 0.29) is 30.3 Å². The third kappa shape index (κ3) is 2.50. The Morgan fingerprint density at radius 3 is 2.67 bits per heavy atom. The highest BCUT2D eigenvalue weighted by Gasteiger charge is 2.57. The van der Waals surface area contributed by atoms with Gasteiger partial charge in [0.1, 0.15) is 0 Å². The van der Waals surface area contributed by atoms with E-state index in [0.717, 1.165) is 0 Å². The Hall–Kier alpha value is -1.00. The third-order valence-electron chi connectivity index (χ3n) is 4.90. The van der Waals surface area contributed by atoms with Crippen LogP contribution in [0.5, 0.6) is 0 Å². The molecule has 1 saturated heterocycles. The molecule has 1 aromatic carbocycles. The molecule has 0 N–H and O–H groups in total. The first kappa shape index (κ1) is 17.8. The van der Waals surface area contributed by atoms with E-state index < -0.39 is 25.6 Å². The van der Waals surface area contributed by atoms with E-state index in [9.17, 15) is 16.8 Å². The minimum absolute atomic E-state index is 0.00947. The van der Waals surface area contributed by atoms with Crippen LogP contribution in [0.1, 0.15) is 18.9 Å². The number of nitrogens with zero attached hydrogens (tertiary/aromatic N) is 2. The molecule has 2 aliphatic rings. The molecule has 3 rings (SSSR count). The molecule has 0 saturated carbocycles. The summed E-state index contributed by atoms with van der Waals surface area (Å²) in [5, 5.41) is 0. The summed E-state index contributed by atoms with van der Waals surface area (Å²) in [6.45, 7) is 2.54. The van der Waals surface area contributed by atoms with E-state index in [1.54, 1.807) is 31.2 Å². The van der Waals surface area contributed by atoms with Gasteiger partial charge in [-0.25, -0.2) is 16.8 Å². The summed E-state index contributed by atoms with van der Waals surface area (Å²) in [7, 11) is -5.50. The lowest BCUT2D eigenvalue weighted by atomic mass is 9.89. The fourth-order valence-corrected chi connectivity index (χ4v) is 6.86. The van der Waals surface area contributed by atoms with Crippen LogP contribution in [0.15, 0.2) is 29.2 Å². The maximum absolute atomic E-state index is 13.0. The number of fused-ring (bicyclic) bond motifs is 2. The van der Waals surface area contributed by atoms with Crippen LogP contribution in [0.4, 0.5) is 0 Å². The number of hydrogen-bond donors (Lipinski definition) is 0. The molecular formula is C15H22N2O5S2. The molecule has 2 heterocycles. The largest absolute Gasteiger partial charge is 0.383 e. The molecule has 0 unspecified atom stereocenters. The molecule has 0 bridgehead atoms. The van der Waals surface area contributed by atoms with E-state index in [4.69, 9.17) is 4.74 Å². The SMILES string of the molecule is CCS(=O)(=O)N1CC[C@]2(C1)c1ccccc1S(=O)(=O)N2CCOC. The zero-order valence-electron chi connectivity index (χ0n) is 13.8. The number of methoxy groups -OCH3 is 1. The zero-order valence-corrected chi connectivity index (χ0v) is 15.4. The van der Waals surface area contributed by atoms with E-state index >= 15 is 0 Å². The summed E-state index contributed by atoms with van der Waals surface area (Å²) < 4.78 is 58.4. The first-order valence-electron chi connectivity index (χ1n) is 7.89. The van der Waals surface area contributed by atoms with Crippen molar-refractivity contribution in [3.8, 4) is 0 Å². The standard InChI is InChI=1S/C15H22N2O5S2/c1-3-23(18,19)16-9-8-15(12-16)13-6-4-5-7-14(13)24(20,21)17(15)10-11-22-2/h4-7H,3,8-12H2,1-2H3/t15-/m0/s1. The normalized spacial score (nSPS) is 26.9. The minimum Gasteiger partial charge on any atom is -0.383 e. The van der Waals surface area contributed by atoms with Crippen LogP contribution in [0.3, 0.4) is 0 Å². The summed E-state index contributed by atoms with van der Waals surface area (Å²) in [6.07, 6.45) is 0.451. The second kappa shape index (κ2) is 6.06. The first-order chi connectivity index (χ1) is 11.3. The van der Waals surface area contributed by atoms with Gasteiger partial charge in [0.05, 0.1) is 22.8 Å². The van der Waals surface area contributed by atoms with Gasteiger partial charge in [-0.2, -0.15) is 8.61 Å². The Labute approximate surface area is 143 Å². The lowest BCUT2D eigenvalue weighted by Crippen LogP contribution is -2.47. The lowest BCUT2D eigenvalue weighted by molar-refractivity contribution is 0.135. The second-order valence-electron chi connectivity index (χ2n) is 6.08. The predicted octanol–water partition coefficient (Wildman–Crippen LogP) is 0.588. The van der Waals surface area contributed by atoms with Crippen molar-refractivity contribution in [2.24, 2.45) is 0 Å². The molecule has 0 amide bonds. The lowest BCUT2D eigenvalue weighted by Gasteiger charge is -2.33. The molecule has 9 heteroatoms. The van der Waals surface area contributed by atoms with Gasteiger partial charge >= 0.3 is 0 Å². The van der Waals surface area contributed by atoms with E-state index in [2.05, 4.69) is 0 Å². The third-order valence-corrected chi connectivity index (χ3v) is 8.76. The van der Waals surface area contributed by atoms with Crippen molar-refractivity contribution in [3.63, 3.8) is 0 Å². The molecule has 2 aliphatic heterocycles. The smallest absolute Gasteiger partial charge is 0.244 e. The molecule has 1 spiro atoms. The first-order valence-corrected chi connectivity index (χ1v) is 10.9. The molecule has 7 nitrogen and oxygen atoms in total. The maximum atomic E-state index is 13.0. The van der Waals surface area contributed by atoms with Crippen LogP contribution >= 0.6 is 0 Å². The quantitative estimate of drug-likeness (QED) is 0.753. The highest BCUT2D eigenvalue weighted by Crippen LogP contribution is 2.49. The number of ether oxygens (including phenoxy) is 1. The van der Waals surface area contributed by atoms with Crippen LogP contribution in [-0.4, -0.2) is 64.5 Å². The van der Waals surface area contributed by atoms with Crippen molar-refractivity contribution in [1.29, 1.82) is 0 Å². The van der Waals surface area contributed by atoms with Crippen LogP contribution in [0.25, 0.3) is 0 Å². The Kier molecular flexibility index (Phi) is 4.50. The number of rotatable bonds is 5. The molecule has 0 aliphatic carbocycles. The summed E-state index contributed by atoms with van der Waals surface area (Å²) in [5.41, 5.74) is -0.147. The van der Waals surface area contributed by atoms with Gasteiger partial charge in [-0.3, -0.25) is 0 Å². The topological polar surface area (TPSA) is 84.0 Å². The van der Waals surface area contributed by atoms with Gasteiger partial charge in [0.25, 0.3) is 0 Å². The van der Waals surface area contributed by atoms with Crippen molar-refractivity contribution in [1.82, 2.24) is 8.61 Å². The second-order valence-corrected chi connectivity index (χ2v) is 10.2. The molecule has 1 fully saturated rings. The van der Waals surface area contributed by atoms with Crippen LogP contribution in [0.2, 0.25) is 0 Å². The fraction of sp³-hybridized carbons (Fsp3) is 0.600. The highest BCUT2D eigenvalue weighted by atomic mass is 32.2.